The van der Waals surface area contributed by atoms with E-state index in [9.17, 15) is 0 Å². The Morgan fingerprint density at radius 1 is 1.00 bits per heavy atom. The molecule has 0 aromatic heterocycles. The Balaban J connectivity index is 0. The largest absolute Gasteiger partial charge is 0.397 e. The first-order valence-corrected chi connectivity index (χ1v) is 4.49. The van der Waals surface area contributed by atoms with Crippen molar-refractivity contribution in [2.24, 2.45) is 0 Å². The molecule has 5 N–H and O–H groups in total. The van der Waals surface area contributed by atoms with Crippen molar-refractivity contribution in [3.05, 3.63) is 23.8 Å². The number of benzene rings is 1. The van der Waals surface area contributed by atoms with Crippen LogP contribution in [0, 0.1) is 0 Å². The molecule has 0 fully saturated rings. The number of aliphatic hydroxyl groups excluding tert-OH is 1. The van der Waals surface area contributed by atoms with E-state index < -0.39 is 0 Å². The fourth-order valence-corrected chi connectivity index (χ4v) is 1.22. The van der Waals surface area contributed by atoms with E-state index in [1.807, 2.05) is 18.2 Å². The van der Waals surface area contributed by atoms with Gasteiger partial charge in [-0.25, -0.2) is 0 Å². The average Bonchev–Trinajstić information content (AvgIpc) is 2.12. The van der Waals surface area contributed by atoms with Crippen molar-refractivity contribution in [1.82, 2.24) is 0 Å². The predicted molar refractivity (Wildman–Crippen MR) is 69.8 cm³/mol. The van der Waals surface area contributed by atoms with Gasteiger partial charge in [0.15, 0.2) is 0 Å². The van der Waals surface area contributed by atoms with Gasteiger partial charge in [-0.1, -0.05) is 6.07 Å². The van der Waals surface area contributed by atoms with Crippen molar-refractivity contribution in [3.8, 4) is 0 Å². The monoisotopic (exact) mass is 252 g/mol. The Hall–Kier alpha value is -0.640. The molecular formula is C10H18Cl2N2O. The SMILES string of the molecule is Cl.Cl.Nc1ccc(CCCCO)cc1N. The number of unbranched alkanes of at least 4 members (excludes halogenated alkanes) is 1. The zero-order valence-electron chi connectivity index (χ0n) is 8.48. The molecule has 0 saturated heterocycles. The smallest absolute Gasteiger partial charge is 0.0550 e. The van der Waals surface area contributed by atoms with Gasteiger partial charge in [0.05, 0.1) is 11.4 Å². The first-order valence-electron chi connectivity index (χ1n) is 4.49. The third-order valence-corrected chi connectivity index (χ3v) is 2.02. The van der Waals surface area contributed by atoms with E-state index in [0.717, 1.165) is 19.3 Å². The maximum atomic E-state index is 8.60. The number of aryl methyl sites for hydroxylation is 1. The lowest BCUT2D eigenvalue weighted by atomic mass is 10.1. The van der Waals surface area contributed by atoms with Gasteiger partial charge in [0.25, 0.3) is 0 Å². The van der Waals surface area contributed by atoms with E-state index in [1.54, 1.807) is 0 Å². The minimum absolute atomic E-state index is 0. The van der Waals surface area contributed by atoms with E-state index in [4.69, 9.17) is 16.6 Å². The van der Waals surface area contributed by atoms with Crippen LogP contribution in [0.25, 0.3) is 0 Å². The van der Waals surface area contributed by atoms with Gasteiger partial charge in [-0.2, -0.15) is 0 Å². The number of nitrogens with two attached hydrogens (primary N) is 2. The second-order valence-electron chi connectivity index (χ2n) is 3.14. The fraction of sp³-hybridized carbons (Fsp3) is 0.400. The molecule has 0 unspecified atom stereocenters. The molecule has 0 aliphatic rings. The van der Waals surface area contributed by atoms with E-state index >= 15 is 0 Å². The number of hydrogen-bond acceptors (Lipinski definition) is 3. The lowest BCUT2D eigenvalue weighted by Gasteiger charge is -2.04. The van der Waals surface area contributed by atoms with Crippen LogP contribution in [0.4, 0.5) is 11.4 Å². The first-order chi connectivity index (χ1) is 6.24. The van der Waals surface area contributed by atoms with Crippen molar-refractivity contribution in [3.63, 3.8) is 0 Å². The molecule has 0 atom stereocenters. The second-order valence-corrected chi connectivity index (χ2v) is 3.14. The summed E-state index contributed by atoms with van der Waals surface area (Å²) in [5.74, 6) is 0. The summed E-state index contributed by atoms with van der Waals surface area (Å²) in [6, 6.07) is 5.69. The third kappa shape index (κ3) is 5.72. The highest BCUT2D eigenvalue weighted by atomic mass is 35.5. The summed E-state index contributed by atoms with van der Waals surface area (Å²) in [6.45, 7) is 0.254. The van der Waals surface area contributed by atoms with Crippen LogP contribution in [0.1, 0.15) is 18.4 Å². The van der Waals surface area contributed by atoms with E-state index in [0.29, 0.717) is 11.4 Å². The number of halogens is 2. The summed E-state index contributed by atoms with van der Waals surface area (Å²) < 4.78 is 0. The molecule has 0 bridgehead atoms. The molecule has 0 aliphatic heterocycles. The van der Waals surface area contributed by atoms with Crippen molar-refractivity contribution in [2.75, 3.05) is 18.1 Å². The highest BCUT2D eigenvalue weighted by molar-refractivity contribution is 5.85. The van der Waals surface area contributed by atoms with Gasteiger partial charge in [-0.05, 0) is 37.0 Å². The molecule has 0 heterocycles. The zero-order chi connectivity index (χ0) is 9.68. The molecule has 0 aliphatic carbocycles. The third-order valence-electron chi connectivity index (χ3n) is 2.02. The number of aliphatic hydroxyl groups is 1. The molecule has 88 valence electrons. The van der Waals surface area contributed by atoms with Crippen LogP contribution in [-0.4, -0.2) is 11.7 Å². The van der Waals surface area contributed by atoms with Gasteiger partial charge < -0.3 is 16.6 Å². The summed E-state index contributed by atoms with van der Waals surface area (Å²) in [7, 11) is 0. The average molecular weight is 253 g/mol. The van der Waals surface area contributed by atoms with Crippen LogP contribution in [0.2, 0.25) is 0 Å². The van der Waals surface area contributed by atoms with E-state index in [2.05, 4.69) is 0 Å². The van der Waals surface area contributed by atoms with E-state index in [1.165, 1.54) is 5.56 Å². The van der Waals surface area contributed by atoms with E-state index in [-0.39, 0.29) is 31.4 Å². The predicted octanol–water partition coefficient (Wildman–Crippen LogP) is 2.01. The van der Waals surface area contributed by atoms with Crippen LogP contribution >= 0.6 is 24.8 Å². The normalized spacial score (nSPS) is 8.87. The molecule has 15 heavy (non-hydrogen) atoms. The number of rotatable bonds is 4. The van der Waals surface area contributed by atoms with Crippen LogP contribution in [0.3, 0.4) is 0 Å². The molecule has 0 spiro atoms. The Morgan fingerprint density at radius 3 is 2.20 bits per heavy atom. The topological polar surface area (TPSA) is 72.3 Å². The highest BCUT2D eigenvalue weighted by Gasteiger charge is 1.97. The lowest BCUT2D eigenvalue weighted by molar-refractivity contribution is 0.284. The molecule has 0 saturated carbocycles. The van der Waals surface area contributed by atoms with Gasteiger partial charge >= 0.3 is 0 Å². The summed E-state index contributed by atoms with van der Waals surface area (Å²) in [5, 5.41) is 8.60. The van der Waals surface area contributed by atoms with Gasteiger partial charge in [0.1, 0.15) is 0 Å². The minimum atomic E-state index is 0. The maximum Gasteiger partial charge on any atom is 0.0550 e. The van der Waals surface area contributed by atoms with Crippen molar-refractivity contribution < 1.29 is 5.11 Å². The van der Waals surface area contributed by atoms with Gasteiger partial charge in [-0.15, -0.1) is 24.8 Å². The molecule has 1 aromatic rings. The molecule has 0 radical (unpaired) electrons. The molecule has 5 heteroatoms. The quantitative estimate of drug-likeness (QED) is 0.567. The van der Waals surface area contributed by atoms with Gasteiger partial charge in [0.2, 0.25) is 0 Å². The molecule has 0 amide bonds. The maximum absolute atomic E-state index is 8.60. The van der Waals surface area contributed by atoms with Crippen LogP contribution < -0.4 is 11.5 Å². The number of nitrogen functional groups attached to an aromatic ring is 2. The highest BCUT2D eigenvalue weighted by Crippen LogP contribution is 2.17. The standard InChI is InChI=1S/C10H16N2O.2ClH/c11-9-5-4-8(7-10(9)12)3-1-2-6-13;;/h4-5,7,13H,1-3,6,11-12H2;2*1H. The Kier molecular flexibility index (Phi) is 9.68. The van der Waals surface area contributed by atoms with Crippen LogP contribution in [0.15, 0.2) is 18.2 Å². The minimum Gasteiger partial charge on any atom is -0.397 e. The summed E-state index contributed by atoms with van der Waals surface area (Å²) in [5.41, 5.74) is 13.7. The van der Waals surface area contributed by atoms with Crippen molar-refractivity contribution in [1.29, 1.82) is 0 Å². The Labute approximate surface area is 103 Å². The number of hydrogen-bond donors (Lipinski definition) is 3. The van der Waals surface area contributed by atoms with Gasteiger partial charge in [-0.3, -0.25) is 0 Å². The summed E-state index contributed by atoms with van der Waals surface area (Å²) in [4.78, 5) is 0. The summed E-state index contributed by atoms with van der Waals surface area (Å²) >= 11 is 0. The van der Waals surface area contributed by atoms with Crippen LogP contribution in [-0.2, 0) is 6.42 Å². The molecule has 1 aromatic carbocycles. The van der Waals surface area contributed by atoms with Gasteiger partial charge in [0, 0.05) is 6.61 Å². The zero-order valence-corrected chi connectivity index (χ0v) is 10.1. The second kappa shape index (κ2) is 8.65. The lowest BCUT2D eigenvalue weighted by Crippen LogP contribution is -1.96. The first kappa shape index (κ1) is 16.8. The van der Waals surface area contributed by atoms with Crippen molar-refractivity contribution in [2.45, 2.75) is 19.3 Å². The fourth-order valence-electron chi connectivity index (χ4n) is 1.22. The molecular weight excluding hydrogens is 235 g/mol. The Bertz CT molecular complexity index is 282. The molecule has 1 rings (SSSR count). The van der Waals surface area contributed by atoms with Crippen molar-refractivity contribution >= 4 is 36.2 Å². The van der Waals surface area contributed by atoms with Crippen LogP contribution in [0.5, 0.6) is 0 Å². The number of anilines is 2. The summed E-state index contributed by atoms with van der Waals surface area (Å²) in [6.07, 6.45) is 2.77. The molecule has 3 nitrogen and oxygen atoms in total. The Morgan fingerprint density at radius 2 is 1.67 bits per heavy atom.